The van der Waals surface area contributed by atoms with Gasteiger partial charge in [0, 0.05) is 0 Å². The zero-order valence-electron chi connectivity index (χ0n) is 8.11. The quantitative estimate of drug-likeness (QED) is 0.785. The lowest BCUT2D eigenvalue weighted by Gasteiger charge is -2.08. The summed E-state index contributed by atoms with van der Waals surface area (Å²) in [7, 11) is -3.23. The van der Waals surface area contributed by atoms with E-state index in [9.17, 15) is 8.42 Å². The molecular weight excluding hydrogens is 202 g/mol. The summed E-state index contributed by atoms with van der Waals surface area (Å²) in [5, 5.41) is 8.85. The highest BCUT2D eigenvalue weighted by atomic mass is 32.2. The fourth-order valence-electron chi connectivity index (χ4n) is 1.14. The number of aliphatic hydroxyl groups excluding tert-OH is 1. The second-order valence-electron chi connectivity index (χ2n) is 3.18. The molecule has 5 heteroatoms. The first-order valence-corrected chi connectivity index (χ1v) is 5.99. The lowest BCUT2D eigenvalue weighted by Crippen LogP contribution is -2.10. The number of anilines is 1. The molecule has 4 nitrogen and oxygen atoms in total. The Labute approximate surface area is 83.6 Å². The van der Waals surface area contributed by atoms with E-state index >= 15 is 0 Å². The molecule has 0 aliphatic heterocycles. The maximum atomic E-state index is 10.9. The van der Waals surface area contributed by atoms with Crippen LogP contribution in [0.4, 0.5) is 5.69 Å². The van der Waals surface area contributed by atoms with Gasteiger partial charge in [-0.3, -0.25) is 4.72 Å². The zero-order valence-corrected chi connectivity index (χ0v) is 8.93. The largest absolute Gasteiger partial charge is 0.392 e. The summed E-state index contributed by atoms with van der Waals surface area (Å²) in [4.78, 5) is 0. The molecule has 1 rings (SSSR count). The number of aryl methyl sites for hydroxylation is 1. The van der Waals surface area contributed by atoms with E-state index in [0.717, 1.165) is 17.4 Å². The van der Waals surface area contributed by atoms with Crippen LogP contribution in [0.25, 0.3) is 0 Å². The molecule has 1 aromatic carbocycles. The molecule has 0 saturated heterocycles. The molecule has 0 unspecified atom stereocenters. The van der Waals surface area contributed by atoms with Crippen molar-refractivity contribution in [2.45, 2.75) is 13.5 Å². The van der Waals surface area contributed by atoms with E-state index < -0.39 is 10.0 Å². The van der Waals surface area contributed by atoms with Gasteiger partial charge < -0.3 is 5.11 Å². The van der Waals surface area contributed by atoms with Gasteiger partial charge in [0.15, 0.2) is 0 Å². The summed E-state index contributed by atoms with van der Waals surface area (Å²) in [6, 6.07) is 5.07. The minimum atomic E-state index is -3.23. The maximum Gasteiger partial charge on any atom is 0.229 e. The molecule has 0 bridgehead atoms. The van der Waals surface area contributed by atoms with Crippen molar-refractivity contribution < 1.29 is 13.5 Å². The third-order valence-corrected chi connectivity index (χ3v) is 2.36. The SMILES string of the molecule is Cc1cc(CO)ccc1NS(C)(=O)=O. The molecule has 2 N–H and O–H groups in total. The van der Waals surface area contributed by atoms with Gasteiger partial charge in [0.05, 0.1) is 18.6 Å². The third kappa shape index (κ3) is 3.01. The Morgan fingerprint density at radius 3 is 2.50 bits per heavy atom. The van der Waals surface area contributed by atoms with Crippen LogP contribution in [-0.4, -0.2) is 19.8 Å². The fraction of sp³-hybridized carbons (Fsp3) is 0.333. The molecule has 1 aromatic rings. The Balaban J connectivity index is 3.01. The third-order valence-electron chi connectivity index (χ3n) is 1.77. The lowest BCUT2D eigenvalue weighted by molar-refractivity contribution is 0.282. The number of rotatable bonds is 3. The molecule has 0 aliphatic carbocycles. The average molecular weight is 215 g/mol. The number of hydrogen-bond acceptors (Lipinski definition) is 3. The van der Waals surface area contributed by atoms with Crippen molar-refractivity contribution in [1.82, 2.24) is 0 Å². The first kappa shape index (κ1) is 11.0. The molecule has 0 aromatic heterocycles. The van der Waals surface area contributed by atoms with Crippen LogP contribution in [0, 0.1) is 6.92 Å². The first-order valence-electron chi connectivity index (χ1n) is 4.10. The highest BCUT2D eigenvalue weighted by molar-refractivity contribution is 7.92. The Kier molecular flexibility index (Phi) is 3.13. The Morgan fingerprint density at radius 2 is 2.07 bits per heavy atom. The van der Waals surface area contributed by atoms with E-state index in [0.29, 0.717) is 5.69 Å². The molecule has 14 heavy (non-hydrogen) atoms. The number of benzene rings is 1. The van der Waals surface area contributed by atoms with E-state index in [1.165, 1.54) is 0 Å². The molecule has 0 radical (unpaired) electrons. The first-order chi connectivity index (χ1) is 6.42. The Hall–Kier alpha value is -1.07. The van der Waals surface area contributed by atoms with Gasteiger partial charge in [-0.25, -0.2) is 8.42 Å². The van der Waals surface area contributed by atoms with Crippen LogP contribution in [0.5, 0.6) is 0 Å². The van der Waals surface area contributed by atoms with Crippen molar-refractivity contribution in [2.24, 2.45) is 0 Å². The zero-order chi connectivity index (χ0) is 10.8. The van der Waals surface area contributed by atoms with Crippen molar-refractivity contribution in [3.05, 3.63) is 29.3 Å². The van der Waals surface area contributed by atoms with Crippen molar-refractivity contribution in [3.8, 4) is 0 Å². The monoisotopic (exact) mass is 215 g/mol. The van der Waals surface area contributed by atoms with Crippen LogP contribution in [0.1, 0.15) is 11.1 Å². The Morgan fingerprint density at radius 1 is 1.43 bits per heavy atom. The Bertz CT molecular complexity index is 426. The molecule has 0 amide bonds. The van der Waals surface area contributed by atoms with Crippen LogP contribution in [0.15, 0.2) is 18.2 Å². The van der Waals surface area contributed by atoms with Crippen LogP contribution >= 0.6 is 0 Å². The molecule has 0 spiro atoms. The second-order valence-corrected chi connectivity index (χ2v) is 4.93. The van der Waals surface area contributed by atoms with E-state index in [4.69, 9.17) is 5.11 Å². The summed E-state index contributed by atoms with van der Waals surface area (Å²) < 4.78 is 24.3. The van der Waals surface area contributed by atoms with Crippen molar-refractivity contribution in [1.29, 1.82) is 0 Å². The standard InChI is InChI=1S/C9H13NO3S/c1-7-5-8(6-11)3-4-9(7)10-14(2,12)13/h3-5,10-11H,6H2,1-2H3. The molecule has 0 heterocycles. The topological polar surface area (TPSA) is 66.4 Å². The van der Waals surface area contributed by atoms with Gasteiger partial charge in [-0.15, -0.1) is 0 Å². The summed E-state index contributed by atoms with van der Waals surface area (Å²) in [5.74, 6) is 0. The normalized spacial score (nSPS) is 11.4. The van der Waals surface area contributed by atoms with Crippen molar-refractivity contribution in [2.75, 3.05) is 11.0 Å². The van der Waals surface area contributed by atoms with Crippen LogP contribution in [0.3, 0.4) is 0 Å². The minimum absolute atomic E-state index is 0.0417. The van der Waals surface area contributed by atoms with Crippen molar-refractivity contribution >= 4 is 15.7 Å². The molecule has 0 saturated carbocycles. The van der Waals surface area contributed by atoms with E-state index in [1.807, 2.05) is 0 Å². The molecule has 0 fully saturated rings. The average Bonchev–Trinajstić information content (AvgIpc) is 2.06. The van der Waals surface area contributed by atoms with Gasteiger partial charge in [-0.2, -0.15) is 0 Å². The summed E-state index contributed by atoms with van der Waals surface area (Å²) in [5.41, 5.74) is 2.10. The summed E-state index contributed by atoms with van der Waals surface area (Å²) in [6.07, 6.45) is 1.10. The van der Waals surface area contributed by atoms with Crippen molar-refractivity contribution in [3.63, 3.8) is 0 Å². The highest BCUT2D eigenvalue weighted by Crippen LogP contribution is 2.17. The second kappa shape index (κ2) is 3.98. The van der Waals surface area contributed by atoms with Crippen LogP contribution in [0.2, 0.25) is 0 Å². The van der Waals surface area contributed by atoms with Gasteiger partial charge >= 0.3 is 0 Å². The molecule has 0 atom stereocenters. The van der Waals surface area contributed by atoms with E-state index in [2.05, 4.69) is 4.72 Å². The van der Waals surface area contributed by atoms with Gasteiger partial charge in [-0.05, 0) is 24.1 Å². The predicted octanol–water partition coefficient (Wildman–Crippen LogP) is 0.859. The van der Waals surface area contributed by atoms with Gasteiger partial charge in [-0.1, -0.05) is 12.1 Å². The lowest BCUT2D eigenvalue weighted by atomic mass is 10.1. The van der Waals surface area contributed by atoms with E-state index in [1.54, 1.807) is 25.1 Å². The molecular formula is C9H13NO3S. The smallest absolute Gasteiger partial charge is 0.229 e. The van der Waals surface area contributed by atoms with Crippen LogP contribution < -0.4 is 4.72 Å². The number of aliphatic hydroxyl groups is 1. The van der Waals surface area contributed by atoms with Gasteiger partial charge in [0.2, 0.25) is 10.0 Å². The van der Waals surface area contributed by atoms with E-state index in [-0.39, 0.29) is 6.61 Å². The van der Waals surface area contributed by atoms with Gasteiger partial charge in [0.25, 0.3) is 0 Å². The predicted molar refractivity (Wildman–Crippen MR) is 55.6 cm³/mol. The number of hydrogen-bond donors (Lipinski definition) is 2. The summed E-state index contributed by atoms with van der Waals surface area (Å²) in [6.45, 7) is 1.74. The number of sulfonamides is 1. The molecule has 78 valence electrons. The van der Waals surface area contributed by atoms with Gasteiger partial charge in [0.1, 0.15) is 0 Å². The van der Waals surface area contributed by atoms with Crippen LogP contribution in [-0.2, 0) is 16.6 Å². The fourth-order valence-corrected chi connectivity index (χ4v) is 1.77. The summed E-state index contributed by atoms with van der Waals surface area (Å²) >= 11 is 0. The minimum Gasteiger partial charge on any atom is -0.392 e. The maximum absolute atomic E-state index is 10.9. The number of nitrogens with one attached hydrogen (secondary N) is 1. The highest BCUT2D eigenvalue weighted by Gasteiger charge is 2.04. The molecule has 0 aliphatic rings.